The molecule has 1 saturated heterocycles. The highest BCUT2D eigenvalue weighted by atomic mass is 32.1. The van der Waals surface area contributed by atoms with Crippen LogP contribution in [-0.4, -0.2) is 68.6 Å². The van der Waals surface area contributed by atoms with E-state index in [2.05, 4.69) is 10.2 Å². The molecule has 1 fully saturated rings. The highest BCUT2D eigenvalue weighted by molar-refractivity contribution is 7.78. The van der Waals surface area contributed by atoms with Crippen molar-refractivity contribution in [2.24, 2.45) is 4.99 Å². The minimum atomic E-state index is -1.17. The number of carbonyl (C=O) groups is 2. The second kappa shape index (κ2) is 14.5. The lowest BCUT2D eigenvalue weighted by Gasteiger charge is -2.42. The third-order valence-corrected chi connectivity index (χ3v) is 6.37. The summed E-state index contributed by atoms with van der Waals surface area (Å²) in [6.45, 7) is 0.326. The Morgan fingerprint density at radius 1 is 0.850 bits per heavy atom. The van der Waals surface area contributed by atoms with E-state index in [-0.39, 0.29) is 13.2 Å². The zero-order valence-corrected chi connectivity index (χ0v) is 22.8. The van der Waals surface area contributed by atoms with Gasteiger partial charge in [0.15, 0.2) is 18.5 Å². The van der Waals surface area contributed by atoms with E-state index >= 15 is 0 Å². The molecule has 0 unspecified atom stereocenters. The van der Waals surface area contributed by atoms with Gasteiger partial charge in [-0.25, -0.2) is 14.6 Å². The quantitative estimate of drug-likeness (QED) is 0.190. The lowest BCUT2D eigenvalue weighted by Crippen LogP contribution is -2.61. The highest BCUT2D eigenvalue weighted by Gasteiger charge is 2.51. The summed E-state index contributed by atoms with van der Waals surface area (Å²) in [5.74, 6) is -0.543. The van der Waals surface area contributed by atoms with Crippen LogP contribution in [0.15, 0.2) is 89.9 Å². The molecule has 0 bridgehead atoms. The van der Waals surface area contributed by atoms with E-state index in [1.165, 1.54) is 7.11 Å². The Labute approximate surface area is 237 Å². The maximum absolute atomic E-state index is 13.1. The number of benzene rings is 3. The SMILES string of the molecule is COc1ccc(COC[C@H]2O[C@H](OC)[C@H](OC(=O)c3ccccc3)[C@@H](OC(=O)c3ccccc3)[C@@H]2N=C=S)cc1. The van der Waals surface area contributed by atoms with Gasteiger partial charge in [-0.15, -0.1) is 0 Å². The summed E-state index contributed by atoms with van der Waals surface area (Å²) in [7, 11) is 3.00. The van der Waals surface area contributed by atoms with Gasteiger partial charge < -0.3 is 28.4 Å². The molecular formula is C30H29NO8S. The second-order valence-electron chi connectivity index (χ2n) is 8.82. The van der Waals surface area contributed by atoms with Gasteiger partial charge in [0.2, 0.25) is 0 Å². The third kappa shape index (κ3) is 7.38. The van der Waals surface area contributed by atoms with Crippen molar-refractivity contribution in [3.05, 3.63) is 102 Å². The predicted molar refractivity (Wildman–Crippen MR) is 148 cm³/mol. The predicted octanol–water partition coefficient (Wildman–Crippen LogP) is 4.51. The molecular weight excluding hydrogens is 534 g/mol. The fourth-order valence-corrected chi connectivity index (χ4v) is 4.36. The molecule has 0 aliphatic carbocycles. The molecule has 5 atom stereocenters. The maximum atomic E-state index is 13.1. The van der Waals surface area contributed by atoms with Gasteiger partial charge in [-0.05, 0) is 54.2 Å². The summed E-state index contributed by atoms with van der Waals surface area (Å²) in [5.41, 5.74) is 1.54. The minimum absolute atomic E-state index is 0.0514. The van der Waals surface area contributed by atoms with Crippen LogP contribution < -0.4 is 4.74 Å². The van der Waals surface area contributed by atoms with Gasteiger partial charge in [-0.1, -0.05) is 48.5 Å². The standard InChI is InChI=1S/C30H29NO8S/c1-34-23-15-13-20(14-16-23)17-36-18-24-25(31-19-40)26(38-28(32)21-9-5-3-6-10-21)27(30(35-2)37-24)39-29(33)22-11-7-4-8-12-22/h3-16,24-27,30H,17-18H2,1-2H3/t24-,25-,26+,27-,30+/m1/s1. The van der Waals surface area contributed by atoms with Crippen LogP contribution in [0.5, 0.6) is 5.75 Å². The number of isothiocyanates is 1. The van der Waals surface area contributed by atoms with Crippen LogP contribution in [0.1, 0.15) is 26.3 Å². The Kier molecular flexibility index (Phi) is 10.5. The number of ether oxygens (including phenoxy) is 6. The summed E-state index contributed by atoms with van der Waals surface area (Å²) in [6, 6.07) is 23.4. The van der Waals surface area contributed by atoms with Crippen molar-refractivity contribution in [1.82, 2.24) is 0 Å². The van der Waals surface area contributed by atoms with Gasteiger partial charge in [-0.2, -0.15) is 0 Å². The van der Waals surface area contributed by atoms with Gasteiger partial charge in [0.05, 0.1) is 36.6 Å². The molecule has 1 aliphatic rings. The molecule has 40 heavy (non-hydrogen) atoms. The molecule has 4 rings (SSSR count). The Hall–Kier alpha value is -3.92. The second-order valence-corrected chi connectivity index (χ2v) is 9.01. The molecule has 0 spiro atoms. The van der Waals surface area contributed by atoms with Crippen molar-refractivity contribution in [3.63, 3.8) is 0 Å². The number of aliphatic imine (C=N–C) groups is 1. The van der Waals surface area contributed by atoms with Gasteiger partial charge in [0.25, 0.3) is 0 Å². The fraction of sp³-hybridized carbons (Fsp3) is 0.300. The molecule has 0 N–H and O–H groups in total. The molecule has 0 saturated carbocycles. The largest absolute Gasteiger partial charge is 0.497 e. The summed E-state index contributed by atoms with van der Waals surface area (Å²) >= 11 is 4.92. The fourth-order valence-electron chi connectivity index (χ4n) is 4.24. The average molecular weight is 564 g/mol. The van der Waals surface area contributed by atoms with Crippen LogP contribution in [0, 0.1) is 0 Å². The summed E-state index contributed by atoms with van der Waals surface area (Å²) < 4.78 is 34.5. The van der Waals surface area contributed by atoms with Crippen molar-refractivity contribution >= 4 is 29.3 Å². The first-order chi connectivity index (χ1) is 19.5. The van der Waals surface area contributed by atoms with Gasteiger partial charge in [0, 0.05) is 7.11 Å². The summed E-state index contributed by atoms with van der Waals surface area (Å²) in [5, 5.41) is 2.36. The number of esters is 2. The zero-order chi connectivity index (χ0) is 28.3. The van der Waals surface area contributed by atoms with Crippen molar-refractivity contribution < 1.29 is 38.0 Å². The van der Waals surface area contributed by atoms with Crippen LogP contribution in [0.2, 0.25) is 0 Å². The topological polar surface area (TPSA) is 102 Å². The third-order valence-electron chi connectivity index (χ3n) is 6.27. The van der Waals surface area contributed by atoms with Crippen LogP contribution in [0.4, 0.5) is 0 Å². The highest BCUT2D eigenvalue weighted by Crippen LogP contribution is 2.30. The number of carbonyl (C=O) groups excluding carboxylic acids is 2. The van der Waals surface area contributed by atoms with E-state index in [0.717, 1.165) is 11.3 Å². The van der Waals surface area contributed by atoms with Crippen molar-refractivity contribution in [3.8, 4) is 5.75 Å². The van der Waals surface area contributed by atoms with Crippen LogP contribution in [0.25, 0.3) is 0 Å². The number of methoxy groups -OCH3 is 2. The number of nitrogens with zero attached hydrogens (tertiary/aromatic N) is 1. The Balaban J connectivity index is 1.58. The number of hydrogen-bond acceptors (Lipinski definition) is 10. The molecule has 1 aliphatic heterocycles. The van der Waals surface area contributed by atoms with Crippen LogP contribution >= 0.6 is 12.2 Å². The van der Waals surface area contributed by atoms with E-state index in [9.17, 15) is 9.59 Å². The maximum Gasteiger partial charge on any atom is 0.338 e. The summed E-state index contributed by atoms with van der Waals surface area (Å²) in [6.07, 6.45) is -4.14. The average Bonchev–Trinajstić information content (AvgIpc) is 3.00. The van der Waals surface area contributed by atoms with E-state index in [1.807, 2.05) is 24.3 Å². The molecule has 1 heterocycles. The lowest BCUT2D eigenvalue weighted by atomic mass is 9.96. The van der Waals surface area contributed by atoms with E-state index in [0.29, 0.717) is 11.1 Å². The van der Waals surface area contributed by atoms with Crippen molar-refractivity contribution in [2.75, 3.05) is 20.8 Å². The normalized spacial score (nSPS) is 22.0. The lowest BCUT2D eigenvalue weighted by molar-refractivity contribution is -0.269. The smallest absolute Gasteiger partial charge is 0.338 e. The van der Waals surface area contributed by atoms with Crippen LogP contribution in [0.3, 0.4) is 0 Å². The minimum Gasteiger partial charge on any atom is -0.497 e. The Bertz CT molecular complexity index is 1300. The monoisotopic (exact) mass is 563 g/mol. The number of hydrogen-bond donors (Lipinski definition) is 0. The number of rotatable bonds is 11. The van der Waals surface area contributed by atoms with Gasteiger partial charge >= 0.3 is 11.9 Å². The van der Waals surface area contributed by atoms with E-state index in [4.69, 9.17) is 40.6 Å². The molecule has 3 aromatic carbocycles. The molecule has 3 aromatic rings. The van der Waals surface area contributed by atoms with Gasteiger partial charge in [-0.3, -0.25) is 0 Å². The first-order valence-electron chi connectivity index (χ1n) is 12.5. The first-order valence-corrected chi connectivity index (χ1v) is 12.9. The summed E-state index contributed by atoms with van der Waals surface area (Å²) in [4.78, 5) is 30.4. The Morgan fingerprint density at radius 3 is 1.95 bits per heavy atom. The van der Waals surface area contributed by atoms with Crippen molar-refractivity contribution in [2.45, 2.75) is 37.3 Å². The molecule has 208 valence electrons. The van der Waals surface area contributed by atoms with Crippen LogP contribution in [-0.2, 0) is 30.3 Å². The molecule has 0 radical (unpaired) electrons. The molecule has 0 aromatic heterocycles. The first kappa shape index (κ1) is 29.1. The number of thiocarbonyl (C=S) groups is 1. The van der Waals surface area contributed by atoms with Crippen molar-refractivity contribution in [1.29, 1.82) is 0 Å². The van der Waals surface area contributed by atoms with E-state index in [1.54, 1.807) is 67.8 Å². The zero-order valence-electron chi connectivity index (χ0n) is 22.0. The molecule has 0 amide bonds. The Morgan fingerprint density at radius 2 is 1.43 bits per heavy atom. The molecule has 10 heteroatoms. The van der Waals surface area contributed by atoms with E-state index < -0.39 is 42.6 Å². The molecule has 9 nitrogen and oxygen atoms in total. The van der Waals surface area contributed by atoms with Gasteiger partial charge in [0.1, 0.15) is 17.9 Å².